The van der Waals surface area contributed by atoms with Gasteiger partial charge in [-0.3, -0.25) is 9.97 Å². The highest BCUT2D eigenvalue weighted by atomic mass is 79.9. The molecule has 2 aromatic heterocycles. The molecule has 0 bridgehead atoms. The van der Waals surface area contributed by atoms with Crippen LogP contribution in [0.2, 0.25) is 0 Å². The molecule has 0 aliphatic heterocycles. The van der Waals surface area contributed by atoms with E-state index in [0.29, 0.717) is 0 Å². The number of nitrogens with one attached hydrogen (secondary N) is 1. The summed E-state index contributed by atoms with van der Waals surface area (Å²) in [6.45, 7) is 0. The van der Waals surface area contributed by atoms with E-state index in [4.69, 9.17) is 0 Å². The highest BCUT2D eigenvalue weighted by molar-refractivity contribution is 9.10. The first kappa shape index (κ1) is 10.7. The van der Waals surface area contributed by atoms with Crippen LogP contribution in [-0.2, 0) is 0 Å². The maximum Gasteiger partial charge on any atom is 0.0858 e. The summed E-state index contributed by atoms with van der Waals surface area (Å²) in [7, 11) is 1.92. The summed E-state index contributed by atoms with van der Waals surface area (Å²) in [5, 5.41) is 5.30. The Balaban J connectivity index is 2.33. The van der Waals surface area contributed by atoms with Gasteiger partial charge in [-0.1, -0.05) is 0 Å². The van der Waals surface area contributed by atoms with Crippen molar-refractivity contribution in [2.75, 3.05) is 7.05 Å². The fraction of sp³-hybridized carbons (Fsp3) is 0.200. The molecule has 0 fully saturated rings. The third-order valence-corrected chi connectivity index (χ3v) is 3.80. The molecular formula is C10H10BrN3S. The fourth-order valence-electron chi connectivity index (χ4n) is 1.38. The third-order valence-electron chi connectivity index (χ3n) is 2.04. The highest BCUT2D eigenvalue weighted by Gasteiger charge is 2.14. The Hall–Kier alpha value is -0.780. The number of rotatable bonds is 3. The Labute approximate surface area is 101 Å². The molecule has 1 atom stereocenters. The Kier molecular flexibility index (Phi) is 3.45. The molecule has 1 unspecified atom stereocenters. The molecule has 15 heavy (non-hydrogen) atoms. The van der Waals surface area contributed by atoms with Gasteiger partial charge in [0, 0.05) is 27.1 Å². The normalized spacial score (nSPS) is 12.7. The zero-order chi connectivity index (χ0) is 10.7. The van der Waals surface area contributed by atoms with Crippen LogP contribution in [-0.4, -0.2) is 17.0 Å². The lowest BCUT2D eigenvalue weighted by Gasteiger charge is -2.12. The molecule has 0 amide bonds. The smallest absolute Gasteiger partial charge is 0.0858 e. The van der Waals surface area contributed by atoms with Gasteiger partial charge < -0.3 is 5.32 Å². The lowest BCUT2D eigenvalue weighted by Crippen LogP contribution is -2.17. The van der Waals surface area contributed by atoms with E-state index in [1.54, 1.807) is 29.9 Å². The van der Waals surface area contributed by atoms with Gasteiger partial charge in [-0.2, -0.15) is 0 Å². The molecule has 0 saturated carbocycles. The van der Waals surface area contributed by atoms with E-state index >= 15 is 0 Å². The van der Waals surface area contributed by atoms with Crippen LogP contribution in [0.15, 0.2) is 34.5 Å². The van der Waals surface area contributed by atoms with Crippen LogP contribution >= 0.6 is 27.3 Å². The SMILES string of the molecule is CNC(c1cnccn1)c1cc(Br)cs1. The van der Waals surface area contributed by atoms with Crippen molar-refractivity contribution in [3.8, 4) is 0 Å². The minimum Gasteiger partial charge on any atom is -0.307 e. The minimum atomic E-state index is 0.120. The molecule has 0 radical (unpaired) electrons. The zero-order valence-corrected chi connectivity index (χ0v) is 10.5. The molecule has 2 rings (SSSR count). The van der Waals surface area contributed by atoms with Crippen molar-refractivity contribution in [2.24, 2.45) is 0 Å². The molecule has 2 aromatic rings. The molecule has 0 saturated heterocycles. The van der Waals surface area contributed by atoms with E-state index in [0.717, 1.165) is 10.2 Å². The molecule has 0 aliphatic carbocycles. The van der Waals surface area contributed by atoms with Gasteiger partial charge in [-0.25, -0.2) is 0 Å². The number of hydrogen-bond acceptors (Lipinski definition) is 4. The van der Waals surface area contributed by atoms with E-state index in [-0.39, 0.29) is 6.04 Å². The number of nitrogens with zero attached hydrogens (tertiary/aromatic N) is 2. The number of thiophene rings is 1. The molecule has 1 N–H and O–H groups in total. The number of aromatic nitrogens is 2. The van der Waals surface area contributed by atoms with Crippen molar-refractivity contribution < 1.29 is 0 Å². The Bertz CT molecular complexity index is 429. The lowest BCUT2D eigenvalue weighted by atomic mass is 10.2. The van der Waals surface area contributed by atoms with Gasteiger partial charge in [0.2, 0.25) is 0 Å². The first-order valence-electron chi connectivity index (χ1n) is 4.48. The zero-order valence-electron chi connectivity index (χ0n) is 8.14. The fourth-order valence-corrected chi connectivity index (χ4v) is 2.94. The molecule has 2 heterocycles. The standard InChI is InChI=1S/C10H10BrN3S/c1-12-10(8-5-13-2-3-14-8)9-4-7(11)6-15-9/h2-6,10,12H,1H3. The Morgan fingerprint density at radius 3 is 2.87 bits per heavy atom. The average Bonchev–Trinajstić information content (AvgIpc) is 2.68. The summed E-state index contributed by atoms with van der Waals surface area (Å²) < 4.78 is 1.10. The second-order valence-corrected chi connectivity index (χ2v) is 4.88. The predicted molar refractivity (Wildman–Crippen MR) is 65.0 cm³/mol. The van der Waals surface area contributed by atoms with Crippen molar-refractivity contribution >= 4 is 27.3 Å². The predicted octanol–water partition coefficient (Wildman–Crippen LogP) is 2.61. The molecular weight excluding hydrogens is 274 g/mol. The third kappa shape index (κ3) is 2.42. The average molecular weight is 284 g/mol. The van der Waals surface area contributed by atoms with Gasteiger partial charge in [0.25, 0.3) is 0 Å². The first-order chi connectivity index (χ1) is 7.31. The summed E-state index contributed by atoms with van der Waals surface area (Å²) in [6.07, 6.45) is 5.18. The summed E-state index contributed by atoms with van der Waals surface area (Å²) >= 11 is 5.15. The monoisotopic (exact) mass is 283 g/mol. The lowest BCUT2D eigenvalue weighted by molar-refractivity contribution is 0.677. The summed E-state index contributed by atoms with van der Waals surface area (Å²) in [5.41, 5.74) is 0.939. The quantitative estimate of drug-likeness (QED) is 0.941. The topological polar surface area (TPSA) is 37.8 Å². The van der Waals surface area contributed by atoms with Crippen molar-refractivity contribution in [1.29, 1.82) is 0 Å². The van der Waals surface area contributed by atoms with Gasteiger partial charge in [0.15, 0.2) is 0 Å². The largest absolute Gasteiger partial charge is 0.307 e. The molecule has 5 heteroatoms. The molecule has 0 aliphatic rings. The van der Waals surface area contributed by atoms with E-state index < -0.39 is 0 Å². The number of hydrogen-bond donors (Lipinski definition) is 1. The van der Waals surface area contributed by atoms with Gasteiger partial charge in [0.05, 0.1) is 17.9 Å². The van der Waals surface area contributed by atoms with Crippen LogP contribution in [0.25, 0.3) is 0 Å². The van der Waals surface area contributed by atoms with Crippen LogP contribution in [0.5, 0.6) is 0 Å². The molecule has 3 nitrogen and oxygen atoms in total. The maximum atomic E-state index is 4.30. The van der Waals surface area contributed by atoms with Gasteiger partial charge in [0.1, 0.15) is 0 Å². The number of halogens is 1. The van der Waals surface area contributed by atoms with Crippen LogP contribution in [0.3, 0.4) is 0 Å². The van der Waals surface area contributed by atoms with Gasteiger partial charge >= 0.3 is 0 Å². The van der Waals surface area contributed by atoms with Crippen molar-refractivity contribution in [2.45, 2.75) is 6.04 Å². The van der Waals surface area contributed by atoms with Crippen LogP contribution in [0, 0.1) is 0 Å². The van der Waals surface area contributed by atoms with Crippen molar-refractivity contribution in [3.05, 3.63) is 45.1 Å². The summed E-state index contributed by atoms with van der Waals surface area (Å²) in [5.74, 6) is 0. The van der Waals surface area contributed by atoms with Crippen LogP contribution in [0.4, 0.5) is 0 Å². The summed E-state index contributed by atoms with van der Waals surface area (Å²) in [4.78, 5) is 9.60. The van der Waals surface area contributed by atoms with Crippen molar-refractivity contribution in [3.63, 3.8) is 0 Å². The van der Waals surface area contributed by atoms with Crippen LogP contribution < -0.4 is 5.32 Å². The summed E-state index contributed by atoms with van der Waals surface area (Å²) in [6, 6.07) is 2.22. The minimum absolute atomic E-state index is 0.120. The second kappa shape index (κ2) is 4.83. The van der Waals surface area contributed by atoms with Crippen LogP contribution in [0.1, 0.15) is 16.6 Å². The van der Waals surface area contributed by atoms with E-state index in [1.165, 1.54) is 4.88 Å². The van der Waals surface area contributed by atoms with Crippen molar-refractivity contribution in [1.82, 2.24) is 15.3 Å². The van der Waals surface area contributed by atoms with E-state index in [2.05, 4.69) is 42.7 Å². The second-order valence-electron chi connectivity index (χ2n) is 3.02. The van der Waals surface area contributed by atoms with E-state index in [9.17, 15) is 0 Å². The van der Waals surface area contributed by atoms with Gasteiger partial charge in [-0.05, 0) is 29.0 Å². The molecule has 78 valence electrons. The molecule has 0 spiro atoms. The highest BCUT2D eigenvalue weighted by Crippen LogP contribution is 2.28. The first-order valence-corrected chi connectivity index (χ1v) is 6.15. The Morgan fingerprint density at radius 2 is 2.33 bits per heavy atom. The maximum absolute atomic E-state index is 4.30. The van der Waals surface area contributed by atoms with Gasteiger partial charge in [-0.15, -0.1) is 11.3 Å². The molecule has 0 aromatic carbocycles. The van der Waals surface area contributed by atoms with E-state index in [1.807, 2.05) is 7.05 Å². The Morgan fingerprint density at radius 1 is 1.47 bits per heavy atom.